The number of rotatable bonds is 3. The van der Waals surface area contributed by atoms with Crippen LogP contribution in [0.15, 0.2) is 36.8 Å². The Morgan fingerprint density at radius 3 is 2.85 bits per heavy atom. The topological polar surface area (TPSA) is 41.9 Å². The van der Waals surface area contributed by atoms with Gasteiger partial charge in [-0.25, -0.2) is 9.97 Å². The molecule has 1 fully saturated rings. The number of likely N-dealkylation sites (tertiary alicyclic amines) is 1. The Hall–Kier alpha value is -1.81. The number of piperidine rings is 1. The molecule has 104 valence electrons. The van der Waals surface area contributed by atoms with Crippen molar-refractivity contribution in [2.24, 2.45) is 5.92 Å². The molecule has 3 heterocycles. The summed E-state index contributed by atoms with van der Waals surface area (Å²) in [5, 5.41) is 0. The summed E-state index contributed by atoms with van der Waals surface area (Å²) in [5.74, 6) is 1.58. The van der Waals surface area contributed by atoms with Gasteiger partial charge in [-0.1, -0.05) is 6.92 Å². The molecule has 0 aromatic carbocycles. The highest BCUT2D eigenvalue weighted by Gasteiger charge is 2.16. The van der Waals surface area contributed by atoms with Crippen LogP contribution in [0.4, 0.5) is 0 Å². The smallest absolute Gasteiger partial charge is 0.159 e. The van der Waals surface area contributed by atoms with Crippen LogP contribution in [0.3, 0.4) is 0 Å². The molecule has 0 saturated carbocycles. The highest BCUT2D eigenvalue weighted by atomic mass is 15.1. The fourth-order valence-corrected chi connectivity index (χ4v) is 2.78. The molecule has 4 heteroatoms. The van der Waals surface area contributed by atoms with Crippen LogP contribution in [0.2, 0.25) is 0 Å². The first-order valence-corrected chi connectivity index (χ1v) is 7.26. The monoisotopic (exact) mass is 268 g/mol. The van der Waals surface area contributed by atoms with Crippen molar-refractivity contribution in [1.82, 2.24) is 19.9 Å². The summed E-state index contributed by atoms with van der Waals surface area (Å²) in [6.45, 7) is 5.60. The van der Waals surface area contributed by atoms with Crippen molar-refractivity contribution in [2.45, 2.75) is 26.3 Å². The van der Waals surface area contributed by atoms with Crippen LogP contribution >= 0.6 is 0 Å². The van der Waals surface area contributed by atoms with Gasteiger partial charge in [-0.2, -0.15) is 0 Å². The van der Waals surface area contributed by atoms with Crippen molar-refractivity contribution in [2.75, 3.05) is 13.1 Å². The van der Waals surface area contributed by atoms with E-state index in [-0.39, 0.29) is 0 Å². The van der Waals surface area contributed by atoms with Gasteiger partial charge in [0.2, 0.25) is 0 Å². The van der Waals surface area contributed by atoms with E-state index in [4.69, 9.17) is 0 Å². The third-order valence-electron chi connectivity index (χ3n) is 3.78. The Kier molecular flexibility index (Phi) is 4.02. The third-order valence-corrected chi connectivity index (χ3v) is 3.78. The lowest BCUT2D eigenvalue weighted by Crippen LogP contribution is -2.34. The van der Waals surface area contributed by atoms with Crippen molar-refractivity contribution in [1.29, 1.82) is 0 Å². The van der Waals surface area contributed by atoms with Crippen molar-refractivity contribution in [3.05, 3.63) is 42.5 Å². The van der Waals surface area contributed by atoms with Crippen molar-refractivity contribution >= 4 is 0 Å². The van der Waals surface area contributed by atoms with Crippen LogP contribution in [0.5, 0.6) is 0 Å². The number of hydrogen-bond donors (Lipinski definition) is 0. The molecule has 3 rings (SSSR count). The summed E-state index contributed by atoms with van der Waals surface area (Å²) in [5.41, 5.74) is 2.12. The molecule has 0 unspecified atom stereocenters. The minimum atomic E-state index is 0.787. The Balaban J connectivity index is 1.74. The summed E-state index contributed by atoms with van der Waals surface area (Å²) in [6.07, 6.45) is 8.05. The van der Waals surface area contributed by atoms with E-state index in [1.165, 1.54) is 25.9 Å². The number of hydrogen-bond acceptors (Lipinski definition) is 4. The van der Waals surface area contributed by atoms with Crippen LogP contribution in [0.25, 0.3) is 11.4 Å². The third kappa shape index (κ3) is 3.20. The zero-order valence-corrected chi connectivity index (χ0v) is 11.9. The van der Waals surface area contributed by atoms with Gasteiger partial charge in [0.15, 0.2) is 5.82 Å². The first-order valence-electron chi connectivity index (χ1n) is 7.26. The Labute approximate surface area is 119 Å². The van der Waals surface area contributed by atoms with E-state index in [9.17, 15) is 0 Å². The Bertz CT molecular complexity index is 555. The molecule has 0 bridgehead atoms. The summed E-state index contributed by atoms with van der Waals surface area (Å²) in [4.78, 5) is 15.6. The highest BCUT2D eigenvalue weighted by molar-refractivity contribution is 5.53. The maximum absolute atomic E-state index is 4.68. The molecule has 1 aliphatic rings. The van der Waals surface area contributed by atoms with E-state index in [0.29, 0.717) is 0 Å². The van der Waals surface area contributed by atoms with Crippen LogP contribution in [-0.2, 0) is 6.54 Å². The number of aromatic nitrogens is 3. The Morgan fingerprint density at radius 1 is 1.20 bits per heavy atom. The lowest BCUT2D eigenvalue weighted by Gasteiger charge is -2.30. The minimum Gasteiger partial charge on any atom is -0.297 e. The fraction of sp³-hybridized carbons (Fsp3) is 0.438. The molecule has 0 radical (unpaired) electrons. The second-order valence-electron chi connectivity index (χ2n) is 5.59. The van der Waals surface area contributed by atoms with E-state index in [2.05, 4.69) is 26.8 Å². The molecular formula is C16H20N4. The maximum atomic E-state index is 4.68. The molecule has 0 N–H and O–H groups in total. The minimum absolute atomic E-state index is 0.787. The molecular weight excluding hydrogens is 248 g/mol. The standard InChI is InChI=1S/C16H20N4/c1-13-3-2-10-20(11-13)12-15-6-9-18-16(19-15)14-4-7-17-8-5-14/h4-9,13H,2-3,10-12H2,1H3/t13-/m0/s1. The average Bonchev–Trinajstić information content (AvgIpc) is 2.48. The molecule has 2 aromatic heterocycles. The molecule has 0 spiro atoms. The van der Waals surface area contributed by atoms with E-state index in [1.54, 1.807) is 12.4 Å². The van der Waals surface area contributed by atoms with E-state index in [0.717, 1.165) is 29.5 Å². The zero-order valence-electron chi connectivity index (χ0n) is 11.9. The molecule has 1 atom stereocenters. The fourth-order valence-electron chi connectivity index (χ4n) is 2.78. The predicted molar refractivity (Wildman–Crippen MR) is 78.9 cm³/mol. The average molecular weight is 268 g/mol. The quantitative estimate of drug-likeness (QED) is 0.858. The Morgan fingerprint density at radius 2 is 2.05 bits per heavy atom. The molecule has 1 saturated heterocycles. The summed E-state index contributed by atoms with van der Waals surface area (Å²) >= 11 is 0. The molecule has 0 amide bonds. The first-order chi connectivity index (χ1) is 9.81. The van der Waals surface area contributed by atoms with Crippen LogP contribution in [-0.4, -0.2) is 32.9 Å². The van der Waals surface area contributed by atoms with Crippen molar-refractivity contribution in [3.8, 4) is 11.4 Å². The van der Waals surface area contributed by atoms with Gasteiger partial charge in [-0.05, 0) is 43.5 Å². The first kappa shape index (κ1) is 13.2. The normalized spacial score (nSPS) is 19.9. The molecule has 0 aliphatic carbocycles. The summed E-state index contributed by atoms with van der Waals surface area (Å²) < 4.78 is 0. The van der Waals surface area contributed by atoms with Gasteiger partial charge in [0.25, 0.3) is 0 Å². The SMILES string of the molecule is C[C@H]1CCCN(Cc2ccnc(-c3ccncc3)n2)C1. The van der Waals surface area contributed by atoms with Crippen LogP contribution in [0.1, 0.15) is 25.5 Å². The van der Waals surface area contributed by atoms with Crippen molar-refractivity contribution in [3.63, 3.8) is 0 Å². The molecule has 20 heavy (non-hydrogen) atoms. The van der Waals surface area contributed by atoms with Crippen LogP contribution < -0.4 is 0 Å². The number of pyridine rings is 1. The van der Waals surface area contributed by atoms with E-state index < -0.39 is 0 Å². The largest absolute Gasteiger partial charge is 0.297 e. The summed E-state index contributed by atoms with van der Waals surface area (Å²) in [7, 11) is 0. The molecule has 2 aromatic rings. The van der Waals surface area contributed by atoms with Gasteiger partial charge in [-0.3, -0.25) is 9.88 Å². The van der Waals surface area contributed by atoms with E-state index in [1.807, 2.05) is 24.4 Å². The second kappa shape index (κ2) is 6.09. The van der Waals surface area contributed by atoms with Crippen molar-refractivity contribution < 1.29 is 0 Å². The predicted octanol–water partition coefficient (Wildman–Crippen LogP) is 2.77. The molecule has 4 nitrogen and oxygen atoms in total. The second-order valence-corrected chi connectivity index (χ2v) is 5.59. The maximum Gasteiger partial charge on any atom is 0.159 e. The van der Waals surface area contributed by atoms with Gasteiger partial charge in [0.05, 0.1) is 5.69 Å². The van der Waals surface area contributed by atoms with Crippen LogP contribution in [0, 0.1) is 5.92 Å². The zero-order chi connectivity index (χ0) is 13.8. The van der Waals surface area contributed by atoms with E-state index >= 15 is 0 Å². The lowest BCUT2D eigenvalue weighted by molar-refractivity contribution is 0.175. The molecule has 1 aliphatic heterocycles. The van der Waals surface area contributed by atoms with Gasteiger partial charge in [-0.15, -0.1) is 0 Å². The summed E-state index contributed by atoms with van der Waals surface area (Å²) in [6, 6.07) is 5.91. The highest BCUT2D eigenvalue weighted by Crippen LogP contribution is 2.18. The lowest BCUT2D eigenvalue weighted by atomic mass is 10.0. The van der Waals surface area contributed by atoms with Gasteiger partial charge < -0.3 is 0 Å². The number of nitrogens with zero attached hydrogens (tertiary/aromatic N) is 4. The van der Waals surface area contributed by atoms with Gasteiger partial charge in [0, 0.05) is 37.2 Å². The van der Waals surface area contributed by atoms with Gasteiger partial charge >= 0.3 is 0 Å². The van der Waals surface area contributed by atoms with Gasteiger partial charge in [0.1, 0.15) is 0 Å².